The highest BCUT2D eigenvalue weighted by atomic mass is 35.5. The van der Waals surface area contributed by atoms with E-state index in [0.717, 1.165) is 16.8 Å². The van der Waals surface area contributed by atoms with Crippen molar-refractivity contribution in [2.75, 3.05) is 5.32 Å². The summed E-state index contributed by atoms with van der Waals surface area (Å²) in [4.78, 5) is 17.4. The lowest BCUT2D eigenvalue weighted by Crippen LogP contribution is -2.16. The van der Waals surface area contributed by atoms with Gasteiger partial charge in [0.15, 0.2) is 22.9 Å². The fourth-order valence-electron chi connectivity index (χ4n) is 4.53. The van der Waals surface area contributed by atoms with Crippen molar-refractivity contribution in [3.63, 3.8) is 0 Å². The number of nitrogens with zero attached hydrogens (tertiary/aromatic N) is 5. The molecule has 0 fully saturated rings. The predicted octanol–water partition coefficient (Wildman–Crippen LogP) is 7.17. The summed E-state index contributed by atoms with van der Waals surface area (Å²) in [5.41, 5.74) is -0.121. The van der Waals surface area contributed by atoms with E-state index in [0.29, 0.717) is 15.8 Å². The molecule has 0 saturated heterocycles. The molecule has 0 unspecified atom stereocenters. The Bertz CT molecular complexity index is 1940. The zero-order valence-electron chi connectivity index (χ0n) is 21.2. The normalized spacial score (nSPS) is 11.9. The Hall–Kier alpha value is -4.77. The Kier molecular flexibility index (Phi) is 6.46. The Morgan fingerprint density at radius 2 is 1.73 bits per heavy atom. The average Bonchev–Trinajstić information content (AvgIpc) is 3.52. The summed E-state index contributed by atoms with van der Waals surface area (Å²) in [7, 11) is 0. The van der Waals surface area contributed by atoms with Crippen LogP contribution >= 0.6 is 11.6 Å². The van der Waals surface area contributed by atoms with Crippen molar-refractivity contribution in [3.05, 3.63) is 112 Å². The third-order valence-electron chi connectivity index (χ3n) is 6.59. The van der Waals surface area contributed by atoms with E-state index in [1.807, 2.05) is 24.3 Å². The quantitative estimate of drug-likeness (QED) is 0.220. The number of hydrogen-bond acceptors (Lipinski definition) is 4. The zero-order chi connectivity index (χ0) is 28.9. The van der Waals surface area contributed by atoms with E-state index in [-0.39, 0.29) is 40.0 Å². The highest BCUT2D eigenvalue weighted by Gasteiger charge is 2.35. The monoisotopic (exact) mass is 578 g/mol. The Balaban J connectivity index is 1.32. The second-order valence-electron chi connectivity index (χ2n) is 9.37. The van der Waals surface area contributed by atoms with Gasteiger partial charge in [-0.1, -0.05) is 54.1 Å². The molecule has 41 heavy (non-hydrogen) atoms. The van der Waals surface area contributed by atoms with Crippen molar-refractivity contribution in [1.29, 1.82) is 0 Å². The summed E-state index contributed by atoms with van der Waals surface area (Å²) < 4.78 is 58.5. The van der Waals surface area contributed by atoms with E-state index in [2.05, 4.69) is 20.5 Å². The fraction of sp³-hybridized carbons (Fsp3) is 0.103. The van der Waals surface area contributed by atoms with Crippen LogP contribution < -0.4 is 5.32 Å². The van der Waals surface area contributed by atoms with E-state index in [4.69, 9.17) is 11.6 Å². The van der Waals surface area contributed by atoms with E-state index in [1.165, 1.54) is 22.9 Å². The van der Waals surface area contributed by atoms with Crippen molar-refractivity contribution in [2.45, 2.75) is 19.6 Å². The van der Waals surface area contributed by atoms with Crippen LogP contribution in [-0.4, -0.2) is 30.3 Å². The molecule has 206 valence electrons. The number of carbonyl (C=O) groups is 1. The van der Waals surface area contributed by atoms with Gasteiger partial charge in [-0.05, 0) is 42.0 Å². The van der Waals surface area contributed by atoms with Gasteiger partial charge in [0.05, 0.1) is 12.2 Å². The number of hydrogen-bond donors (Lipinski definition) is 1. The molecule has 0 aliphatic carbocycles. The van der Waals surface area contributed by atoms with E-state index >= 15 is 0 Å². The largest absolute Gasteiger partial charge is 0.433 e. The first-order valence-electron chi connectivity index (χ1n) is 12.3. The number of fused-ring (bicyclic) bond motifs is 2. The molecular weight excluding hydrogens is 560 g/mol. The van der Waals surface area contributed by atoms with Gasteiger partial charge in [0.1, 0.15) is 5.82 Å². The minimum Gasteiger partial charge on any atom is -0.304 e. The van der Waals surface area contributed by atoms with Crippen LogP contribution in [0.25, 0.3) is 27.7 Å². The first-order valence-corrected chi connectivity index (χ1v) is 12.7. The Morgan fingerprint density at radius 1 is 0.951 bits per heavy atom. The maximum absolute atomic E-state index is 14.2. The van der Waals surface area contributed by atoms with Crippen LogP contribution in [0.3, 0.4) is 0 Å². The number of carbonyl (C=O) groups excluding carboxylic acids is 1. The Morgan fingerprint density at radius 3 is 2.49 bits per heavy atom. The zero-order valence-corrected chi connectivity index (χ0v) is 22.0. The number of rotatable bonds is 5. The number of benzene rings is 3. The van der Waals surface area contributed by atoms with Gasteiger partial charge >= 0.3 is 6.18 Å². The van der Waals surface area contributed by atoms with Crippen LogP contribution in [0, 0.1) is 12.7 Å². The van der Waals surface area contributed by atoms with Gasteiger partial charge in [-0.2, -0.15) is 23.4 Å². The standard InChI is InChI=1S/C29H19ClF4N6O/c1-16-11-26(38-39(16)15-20-21(30)7-4-8-22(20)31)36-28(41)24-14-27-35-23(13-25(29(32,33)34)40(27)37-24)19-10-9-17-5-2-3-6-18(17)12-19/h2-14H,15H2,1H3,(H,36,38,41). The second-order valence-corrected chi connectivity index (χ2v) is 9.78. The molecule has 0 saturated carbocycles. The van der Waals surface area contributed by atoms with Gasteiger partial charge in [-0.25, -0.2) is 13.9 Å². The van der Waals surface area contributed by atoms with Crippen LogP contribution in [-0.2, 0) is 12.7 Å². The smallest absolute Gasteiger partial charge is 0.304 e. The summed E-state index contributed by atoms with van der Waals surface area (Å²) in [5, 5.41) is 12.7. The van der Waals surface area contributed by atoms with Gasteiger partial charge in [0.2, 0.25) is 0 Å². The van der Waals surface area contributed by atoms with Gasteiger partial charge < -0.3 is 5.32 Å². The van der Waals surface area contributed by atoms with E-state index in [9.17, 15) is 22.4 Å². The third kappa shape index (κ3) is 5.11. The molecule has 6 aromatic rings. The molecule has 0 spiro atoms. The molecule has 7 nitrogen and oxygen atoms in total. The maximum atomic E-state index is 14.2. The van der Waals surface area contributed by atoms with Crippen molar-refractivity contribution in [3.8, 4) is 11.3 Å². The average molecular weight is 579 g/mol. The lowest BCUT2D eigenvalue weighted by molar-refractivity contribution is -0.142. The molecule has 1 N–H and O–H groups in total. The summed E-state index contributed by atoms with van der Waals surface area (Å²) in [6.45, 7) is 1.72. The third-order valence-corrected chi connectivity index (χ3v) is 6.94. The number of alkyl halides is 3. The topological polar surface area (TPSA) is 77.1 Å². The minimum atomic E-state index is -4.77. The van der Waals surface area contributed by atoms with Crippen LogP contribution in [0.1, 0.15) is 27.4 Å². The fourth-order valence-corrected chi connectivity index (χ4v) is 4.75. The van der Waals surface area contributed by atoms with Crippen molar-refractivity contribution >= 4 is 39.7 Å². The summed E-state index contributed by atoms with van der Waals surface area (Å²) >= 11 is 6.11. The van der Waals surface area contributed by atoms with Crippen LogP contribution in [0.2, 0.25) is 5.02 Å². The molecule has 0 atom stereocenters. The molecule has 0 aliphatic rings. The number of anilines is 1. The molecule has 3 heterocycles. The first kappa shape index (κ1) is 26.5. The minimum absolute atomic E-state index is 0.0119. The molecule has 3 aromatic carbocycles. The first-order chi connectivity index (χ1) is 19.6. The van der Waals surface area contributed by atoms with Gasteiger partial charge in [0.25, 0.3) is 5.91 Å². The lowest BCUT2D eigenvalue weighted by atomic mass is 10.0. The van der Waals surface area contributed by atoms with Crippen LogP contribution in [0.4, 0.5) is 23.4 Å². The number of aryl methyl sites for hydroxylation is 1. The second kappa shape index (κ2) is 10.0. The highest BCUT2D eigenvalue weighted by Crippen LogP contribution is 2.33. The maximum Gasteiger partial charge on any atom is 0.433 e. The lowest BCUT2D eigenvalue weighted by Gasteiger charge is -2.11. The number of halogens is 5. The van der Waals surface area contributed by atoms with Crippen LogP contribution in [0.15, 0.2) is 78.9 Å². The molecule has 0 aliphatic heterocycles. The Labute approximate surface area is 235 Å². The van der Waals surface area contributed by atoms with E-state index in [1.54, 1.807) is 37.3 Å². The molecule has 6 rings (SSSR count). The SMILES string of the molecule is Cc1cc(NC(=O)c2cc3nc(-c4ccc5ccccc5c4)cc(C(F)(F)F)n3n2)nn1Cc1c(F)cccc1Cl. The summed E-state index contributed by atoms with van der Waals surface area (Å²) in [6.07, 6.45) is -4.77. The molecule has 1 amide bonds. The van der Waals surface area contributed by atoms with Crippen molar-refractivity contribution in [2.24, 2.45) is 0 Å². The van der Waals surface area contributed by atoms with Crippen LogP contribution in [0.5, 0.6) is 0 Å². The van der Waals surface area contributed by atoms with Gasteiger partial charge in [0, 0.05) is 34.0 Å². The molecule has 3 aromatic heterocycles. The number of aromatic nitrogens is 5. The molecule has 0 radical (unpaired) electrons. The summed E-state index contributed by atoms with van der Waals surface area (Å²) in [6, 6.07) is 20.7. The molecule has 0 bridgehead atoms. The summed E-state index contributed by atoms with van der Waals surface area (Å²) in [5.74, 6) is -1.18. The highest BCUT2D eigenvalue weighted by molar-refractivity contribution is 6.31. The van der Waals surface area contributed by atoms with Crippen molar-refractivity contribution in [1.82, 2.24) is 24.4 Å². The van der Waals surface area contributed by atoms with Gasteiger partial charge in [-0.3, -0.25) is 9.48 Å². The van der Waals surface area contributed by atoms with Crippen molar-refractivity contribution < 1.29 is 22.4 Å². The molecular formula is C29H19ClF4N6O. The number of nitrogens with one attached hydrogen (secondary N) is 1. The number of amides is 1. The van der Waals surface area contributed by atoms with E-state index < -0.39 is 23.6 Å². The molecule has 12 heteroatoms. The van der Waals surface area contributed by atoms with Gasteiger partial charge in [-0.15, -0.1) is 0 Å². The predicted molar refractivity (Wildman–Crippen MR) is 146 cm³/mol.